The molecule has 2 heterocycles. The lowest BCUT2D eigenvalue weighted by atomic mass is 10.1. The van der Waals surface area contributed by atoms with Crippen molar-refractivity contribution in [3.8, 4) is 0 Å². The van der Waals surface area contributed by atoms with Gasteiger partial charge in [0.05, 0.1) is 5.69 Å². The number of aromatic amines is 2. The molecule has 0 unspecified atom stereocenters. The number of H-pyrrole nitrogens is 2. The van der Waals surface area contributed by atoms with E-state index < -0.39 is 0 Å². The highest BCUT2D eigenvalue weighted by Gasteiger charge is 2.07. The van der Waals surface area contributed by atoms with Crippen molar-refractivity contribution >= 4 is 27.6 Å². The Bertz CT molecular complexity index is 660. The maximum atomic E-state index is 11.3. The van der Waals surface area contributed by atoms with E-state index in [1.165, 1.54) is 0 Å². The SMILES string of the molecule is CC(=O)c1cc2c(ccc3[nH]ccc32)[nH]1. The summed E-state index contributed by atoms with van der Waals surface area (Å²) in [6.07, 6.45) is 1.91. The first kappa shape index (κ1) is 8.29. The van der Waals surface area contributed by atoms with E-state index in [1.807, 2.05) is 30.5 Å². The van der Waals surface area contributed by atoms with Crippen LogP contribution in [-0.2, 0) is 0 Å². The van der Waals surface area contributed by atoms with Gasteiger partial charge in [-0.1, -0.05) is 0 Å². The first-order valence-electron chi connectivity index (χ1n) is 4.85. The van der Waals surface area contributed by atoms with Gasteiger partial charge in [-0.05, 0) is 24.3 Å². The number of benzene rings is 1. The number of ketones is 1. The Labute approximate surface area is 86.1 Å². The van der Waals surface area contributed by atoms with Gasteiger partial charge in [-0.2, -0.15) is 0 Å². The summed E-state index contributed by atoms with van der Waals surface area (Å²) in [5, 5.41) is 2.25. The lowest BCUT2D eigenvalue weighted by molar-refractivity contribution is 0.101. The van der Waals surface area contributed by atoms with Gasteiger partial charge in [-0.25, -0.2) is 0 Å². The van der Waals surface area contributed by atoms with E-state index in [1.54, 1.807) is 6.92 Å². The third-order valence-electron chi connectivity index (χ3n) is 2.71. The van der Waals surface area contributed by atoms with Crippen molar-refractivity contribution in [3.63, 3.8) is 0 Å². The van der Waals surface area contributed by atoms with E-state index in [9.17, 15) is 4.79 Å². The van der Waals surface area contributed by atoms with Crippen LogP contribution in [0.2, 0.25) is 0 Å². The normalized spacial score (nSPS) is 11.3. The molecule has 1 aromatic carbocycles. The largest absolute Gasteiger partial charge is 0.361 e. The second kappa shape index (κ2) is 2.73. The number of rotatable bonds is 1. The van der Waals surface area contributed by atoms with Crippen LogP contribution in [0.3, 0.4) is 0 Å². The highest BCUT2D eigenvalue weighted by molar-refractivity contribution is 6.09. The lowest BCUT2D eigenvalue weighted by Crippen LogP contribution is -1.89. The Balaban J connectivity index is 2.46. The fourth-order valence-electron chi connectivity index (χ4n) is 1.94. The molecule has 0 saturated heterocycles. The van der Waals surface area contributed by atoms with Crippen molar-refractivity contribution in [2.24, 2.45) is 0 Å². The van der Waals surface area contributed by atoms with Crippen LogP contribution < -0.4 is 0 Å². The molecular weight excluding hydrogens is 188 g/mol. The van der Waals surface area contributed by atoms with Crippen LogP contribution in [0.25, 0.3) is 21.8 Å². The minimum absolute atomic E-state index is 0.0647. The molecule has 0 atom stereocenters. The molecule has 0 bridgehead atoms. The predicted molar refractivity (Wildman–Crippen MR) is 60.2 cm³/mol. The molecular formula is C12H10N2O. The summed E-state index contributed by atoms with van der Waals surface area (Å²) in [5.74, 6) is 0.0647. The van der Waals surface area contributed by atoms with Crippen molar-refractivity contribution in [1.82, 2.24) is 9.97 Å². The quantitative estimate of drug-likeness (QED) is 0.580. The maximum absolute atomic E-state index is 11.3. The van der Waals surface area contributed by atoms with Gasteiger partial charge in [0.15, 0.2) is 5.78 Å². The molecule has 0 saturated carbocycles. The predicted octanol–water partition coefficient (Wildman–Crippen LogP) is 2.85. The molecule has 0 aliphatic carbocycles. The molecule has 3 aromatic rings. The minimum atomic E-state index is 0.0647. The summed E-state index contributed by atoms with van der Waals surface area (Å²) in [5.41, 5.74) is 2.77. The zero-order valence-corrected chi connectivity index (χ0v) is 8.29. The molecule has 0 amide bonds. The number of fused-ring (bicyclic) bond motifs is 3. The minimum Gasteiger partial charge on any atom is -0.361 e. The molecule has 0 aliphatic heterocycles. The number of carbonyl (C=O) groups is 1. The Kier molecular flexibility index (Phi) is 1.51. The third kappa shape index (κ3) is 1.09. The van der Waals surface area contributed by atoms with E-state index >= 15 is 0 Å². The van der Waals surface area contributed by atoms with E-state index in [2.05, 4.69) is 9.97 Å². The average Bonchev–Trinajstić information content (AvgIpc) is 2.82. The molecule has 3 rings (SSSR count). The number of aromatic nitrogens is 2. The molecule has 74 valence electrons. The van der Waals surface area contributed by atoms with Crippen LogP contribution in [-0.4, -0.2) is 15.8 Å². The van der Waals surface area contributed by atoms with Crippen molar-refractivity contribution < 1.29 is 4.79 Å². The second-order valence-corrected chi connectivity index (χ2v) is 3.70. The Hall–Kier alpha value is -2.03. The first-order valence-corrected chi connectivity index (χ1v) is 4.85. The first-order chi connectivity index (χ1) is 7.25. The second-order valence-electron chi connectivity index (χ2n) is 3.70. The number of carbonyl (C=O) groups excluding carboxylic acids is 1. The monoisotopic (exact) mass is 198 g/mol. The molecule has 0 radical (unpaired) electrons. The number of nitrogens with one attached hydrogen (secondary N) is 2. The Morgan fingerprint density at radius 3 is 2.73 bits per heavy atom. The molecule has 0 aliphatic rings. The van der Waals surface area contributed by atoms with Crippen molar-refractivity contribution in [2.75, 3.05) is 0 Å². The van der Waals surface area contributed by atoms with Crippen LogP contribution in [0, 0.1) is 0 Å². The van der Waals surface area contributed by atoms with Crippen LogP contribution in [0.1, 0.15) is 17.4 Å². The molecule has 3 heteroatoms. The summed E-state index contributed by atoms with van der Waals surface area (Å²) in [7, 11) is 0. The highest BCUT2D eigenvalue weighted by atomic mass is 16.1. The molecule has 3 nitrogen and oxygen atoms in total. The van der Waals surface area contributed by atoms with Gasteiger partial charge in [0, 0.05) is 34.9 Å². The number of hydrogen-bond acceptors (Lipinski definition) is 1. The maximum Gasteiger partial charge on any atom is 0.175 e. The molecule has 2 N–H and O–H groups in total. The topological polar surface area (TPSA) is 48.6 Å². The van der Waals surface area contributed by atoms with E-state index in [4.69, 9.17) is 0 Å². The molecule has 0 fully saturated rings. The van der Waals surface area contributed by atoms with Crippen molar-refractivity contribution in [3.05, 3.63) is 36.2 Å². The Morgan fingerprint density at radius 1 is 1.13 bits per heavy atom. The number of Topliss-reactive ketones (excluding diaryl/α,β-unsaturated/α-hetero) is 1. The van der Waals surface area contributed by atoms with Gasteiger partial charge in [0.1, 0.15) is 0 Å². The van der Waals surface area contributed by atoms with E-state index in [-0.39, 0.29) is 5.78 Å². The van der Waals surface area contributed by atoms with Gasteiger partial charge in [-0.15, -0.1) is 0 Å². The molecule has 2 aromatic heterocycles. The smallest absolute Gasteiger partial charge is 0.175 e. The number of hydrogen-bond donors (Lipinski definition) is 2. The summed E-state index contributed by atoms with van der Waals surface area (Å²) >= 11 is 0. The fourth-order valence-corrected chi connectivity index (χ4v) is 1.94. The highest BCUT2D eigenvalue weighted by Crippen LogP contribution is 2.25. The average molecular weight is 198 g/mol. The fraction of sp³-hybridized carbons (Fsp3) is 0.0833. The third-order valence-corrected chi connectivity index (χ3v) is 2.71. The standard InChI is InChI=1S/C12H10N2O/c1-7(15)12-6-9-8-4-5-13-10(8)2-3-11(9)14-12/h2-6,13-14H,1H3. The summed E-state index contributed by atoms with van der Waals surface area (Å²) in [4.78, 5) is 17.5. The van der Waals surface area contributed by atoms with Crippen LogP contribution >= 0.6 is 0 Å². The van der Waals surface area contributed by atoms with Crippen LogP contribution in [0.15, 0.2) is 30.5 Å². The van der Waals surface area contributed by atoms with Gasteiger partial charge in [-0.3, -0.25) is 4.79 Å². The zero-order valence-electron chi connectivity index (χ0n) is 8.29. The summed E-state index contributed by atoms with van der Waals surface area (Å²) in [6, 6.07) is 7.93. The van der Waals surface area contributed by atoms with Crippen LogP contribution in [0.4, 0.5) is 0 Å². The zero-order chi connectivity index (χ0) is 10.4. The summed E-state index contributed by atoms with van der Waals surface area (Å²) < 4.78 is 0. The van der Waals surface area contributed by atoms with Gasteiger partial charge >= 0.3 is 0 Å². The van der Waals surface area contributed by atoms with Gasteiger partial charge in [0.2, 0.25) is 0 Å². The van der Waals surface area contributed by atoms with E-state index in [0.29, 0.717) is 5.69 Å². The lowest BCUT2D eigenvalue weighted by Gasteiger charge is -1.91. The molecule has 0 spiro atoms. The van der Waals surface area contributed by atoms with E-state index in [0.717, 1.165) is 21.8 Å². The van der Waals surface area contributed by atoms with Crippen LogP contribution in [0.5, 0.6) is 0 Å². The summed E-state index contributed by atoms with van der Waals surface area (Å²) in [6.45, 7) is 1.57. The van der Waals surface area contributed by atoms with Gasteiger partial charge < -0.3 is 9.97 Å². The van der Waals surface area contributed by atoms with Crippen molar-refractivity contribution in [1.29, 1.82) is 0 Å². The van der Waals surface area contributed by atoms with Crippen molar-refractivity contribution in [2.45, 2.75) is 6.92 Å². The van der Waals surface area contributed by atoms with Gasteiger partial charge in [0.25, 0.3) is 0 Å². The molecule has 15 heavy (non-hydrogen) atoms. The Morgan fingerprint density at radius 2 is 1.93 bits per heavy atom.